The highest BCUT2D eigenvalue weighted by Crippen LogP contribution is 2.38. The van der Waals surface area contributed by atoms with Crippen LogP contribution in [0.5, 0.6) is 11.5 Å². The molecule has 4 rings (SSSR count). The van der Waals surface area contributed by atoms with Gasteiger partial charge < -0.3 is 14.4 Å². The maximum Gasteiger partial charge on any atom is 0.185 e. The molecule has 0 saturated carbocycles. The molecule has 10 heteroatoms. The van der Waals surface area contributed by atoms with Gasteiger partial charge in [-0.05, 0) is 43.2 Å². The summed E-state index contributed by atoms with van der Waals surface area (Å²) in [5.41, 5.74) is 1.64. The summed E-state index contributed by atoms with van der Waals surface area (Å²) in [6, 6.07) is 10.3. The summed E-state index contributed by atoms with van der Waals surface area (Å²) in [4.78, 5) is 7.00. The first-order valence-electron chi connectivity index (χ1n) is 9.96. The van der Waals surface area contributed by atoms with Gasteiger partial charge in [-0.25, -0.2) is 13.4 Å². The molecule has 0 amide bonds. The molecule has 0 N–H and O–H groups in total. The Kier molecular flexibility index (Phi) is 6.86. The van der Waals surface area contributed by atoms with E-state index in [1.165, 1.54) is 17.4 Å². The Morgan fingerprint density at radius 3 is 2.53 bits per heavy atom. The lowest BCUT2D eigenvalue weighted by atomic mass is 10.1. The van der Waals surface area contributed by atoms with Crippen molar-refractivity contribution in [1.82, 2.24) is 4.98 Å². The van der Waals surface area contributed by atoms with Crippen LogP contribution in [0.4, 0.5) is 5.13 Å². The van der Waals surface area contributed by atoms with Crippen LogP contribution in [0.3, 0.4) is 0 Å². The van der Waals surface area contributed by atoms with Crippen molar-refractivity contribution in [3.63, 3.8) is 0 Å². The first kappa shape index (κ1) is 23.2. The minimum absolute atomic E-state index is 0.0911. The van der Waals surface area contributed by atoms with Crippen LogP contribution in [0, 0.1) is 0 Å². The van der Waals surface area contributed by atoms with Crippen LogP contribution in [0.25, 0.3) is 11.3 Å². The third kappa shape index (κ3) is 4.41. The van der Waals surface area contributed by atoms with Crippen LogP contribution in [-0.4, -0.2) is 46.0 Å². The van der Waals surface area contributed by atoms with E-state index in [9.17, 15) is 8.42 Å². The van der Waals surface area contributed by atoms with Crippen LogP contribution in [-0.2, 0) is 9.84 Å². The lowest BCUT2D eigenvalue weighted by Crippen LogP contribution is -2.39. The molecule has 1 aromatic heterocycles. The summed E-state index contributed by atoms with van der Waals surface area (Å²) in [5.74, 6) is 1.44. The number of thiazole rings is 1. The first-order chi connectivity index (χ1) is 15.3. The average Bonchev–Trinajstić information content (AvgIpc) is 3.30. The molecule has 0 unspecified atom stereocenters. The highest BCUT2D eigenvalue weighted by Gasteiger charge is 2.33. The van der Waals surface area contributed by atoms with Crippen molar-refractivity contribution in [3.8, 4) is 22.8 Å². The van der Waals surface area contributed by atoms with Crippen LogP contribution in [0.2, 0.25) is 10.0 Å². The Morgan fingerprint density at radius 2 is 1.84 bits per heavy atom. The SMILES string of the molecule is COc1ccc(OC)c(-c2csc(N3CCC(S(=O)(=O)c4cccc(Cl)c4Cl)CC3)n2)c1. The van der Waals surface area contributed by atoms with Crippen LogP contribution >= 0.6 is 34.5 Å². The van der Waals surface area contributed by atoms with Crippen LogP contribution in [0.1, 0.15) is 12.8 Å². The van der Waals surface area contributed by atoms with Crippen LogP contribution < -0.4 is 14.4 Å². The zero-order valence-electron chi connectivity index (χ0n) is 17.5. The number of sulfone groups is 1. The number of halogens is 2. The molecule has 0 aliphatic carbocycles. The predicted octanol–water partition coefficient (Wildman–Crippen LogP) is 5.58. The zero-order valence-corrected chi connectivity index (χ0v) is 20.7. The number of nitrogens with zero attached hydrogens (tertiary/aromatic N) is 2. The molecule has 1 fully saturated rings. The summed E-state index contributed by atoms with van der Waals surface area (Å²) in [7, 11) is -0.327. The summed E-state index contributed by atoms with van der Waals surface area (Å²) in [6.45, 7) is 1.18. The van der Waals surface area contributed by atoms with Gasteiger partial charge in [-0.2, -0.15) is 0 Å². The van der Waals surface area contributed by atoms with Gasteiger partial charge in [0, 0.05) is 24.0 Å². The van der Waals surface area contributed by atoms with E-state index in [1.807, 2.05) is 23.6 Å². The monoisotopic (exact) mass is 512 g/mol. The number of anilines is 1. The van der Waals surface area contributed by atoms with Crippen molar-refractivity contribution in [3.05, 3.63) is 51.8 Å². The van der Waals surface area contributed by atoms with Crippen molar-refractivity contribution >= 4 is 49.5 Å². The molecule has 0 bridgehead atoms. The number of hydrogen-bond donors (Lipinski definition) is 0. The number of ether oxygens (including phenoxy) is 2. The second-order valence-electron chi connectivity index (χ2n) is 7.36. The highest BCUT2D eigenvalue weighted by molar-refractivity contribution is 7.92. The topological polar surface area (TPSA) is 68.7 Å². The van der Waals surface area contributed by atoms with Gasteiger partial charge in [0.05, 0.1) is 40.1 Å². The molecule has 2 heterocycles. The van der Waals surface area contributed by atoms with Gasteiger partial charge in [-0.15, -0.1) is 11.3 Å². The maximum atomic E-state index is 13.1. The van der Waals surface area contributed by atoms with E-state index < -0.39 is 15.1 Å². The third-order valence-corrected chi connectivity index (χ3v) is 9.68. The van der Waals surface area contributed by atoms with Gasteiger partial charge in [0.1, 0.15) is 11.5 Å². The molecule has 0 spiro atoms. The van der Waals surface area contributed by atoms with Crippen molar-refractivity contribution in [2.75, 3.05) is 32.2 Å². The Bertz CT molecular complexity index is 1220. The van der Waals surface area contributed by atoms with E-state index in [0.717, 1.165) is 22.1 Å². The van der Waals surface area contributed by atoms with Gasteiger partial charge in [-0.1, -0.05) is 29.3 Å². The van der Waals surface area contributed by atoms with Crippen molar-refractivity contribution in [2.24, 2.45) is 0 Å². The van der Waals surface area contributed by atoms with Crippen LogP contribution in [0.15, 0.2) is 46.7 Å². The van der Waals surface area contributed by atoms with Gasteiger partial charge in [-0.3, -0.25) is 0 Å². The van der Waals surface area contributed by atoms with E-state index in [2.05, 4.69) is 4.90 Å². The summed E-state index contributed by atoms with van der Waals surface area (Å²) in [5, 5.41) is 2.65. The van der Waals surface area contributed by atoms with E-state index in [1.54, 1.807) is 26.4 Å². The van der Waals surface area contributed by atoms with E-state index >= 15 is 0 Å². The number of rotatable bonds is 6. The van der Waals surface area contributed by atoms with Gasteiger partial charge >= 0.3 is 0 Å². The molecular weight excluding hydrogens is 491 g/mol. The predicted molar refractivity (Wildman–Crippen MR) is 130 cm³/mol. The fraction of sp³-hybridized carbons (Fsp3) is 0.318. The van der Waals surface area contributed by atoms with E-state index in [0.29, 0.717) is 31.7 Å². The Balaban J connectivity index is 1.50. The van der Waals surface area contributed by atoms with Gasteiger partial charge in [0.25, 0.3) is 0 Å². The summed E-state index contributed by atoms with van der Waals surface area (Å²) < 4.78 is 37.1. The highest BCUT2D eigenvalue weighted by atomic mass is 35.5. The lowest BCUT2D eigenvalue weighted by Gasteiger charge is -2.31. The number of benzene rings is 2. The molecule has 2 aromatic carbocycles. The van der Waals surface area contributed by atoms with E-state index in [4.69, 9.17) is 37.7 Å². The molecular formula is C22H22Cl2N2O4S2. The number of piperidine rings is 1. The maximum absolute atomic E-state index is 13.1. The smallest absolute Gasteiger partial charge is 0.185 e. The Morgan fingerprint density at radius 1 is 1.09 bits per heavy atom. The summed E-state index contributed by atoms with van der Waals surface area (Å²) >= 11 is 13.7. The minimum Gasteiger partial charge on any atom is -0.497 e. The molecule has 6 nitrogen and oxygen atoms in total. The quantitative estimate of drug-likeness (QED) is 0.429. The normalized spacial score (nSPS) is 15.1. The fourth-order valence-electron chi connectivity index (χ4n) is 3.79. The second-order valence-corrected chi connectivity index (χ2v) is 11.2. The minimum atomic E-state index is -3.57. The van der Waals surface area contributed by atoms with Crippen molar-refractivity contribution < 1.29 is 17.9 Å². The standard InChI is InChI=1S/C22H22Cl2N2O4S2/c1-29-14-6-7-19(30-2)16(12-14)18-13-31-22(25-18)26-10-8-15(9-11-26)32(27,28)20-5-3-4-17(23)21(20)24/h3-7,12-13,15H,8-11H2,1-2H3. The second kappa shape index (κ2) is 9.47. The molecule has 3 aromatic rings. The number of methoxy groups -OCH3 is 2. The molecule has 0 radical (unpaired) electrons. The van der Waals surface area contributed by atoms with Crippen molar-refractivity contribution in [1.29, 1.82) is 0 Å². The Labute approximate surface area is 201 Å². The third-order valence-electron chi connectivity index (χ3n) is 5.55. The van der Waals surface area contributed by atoms with Gasteiger partial charge in [0.2, 0.25) is 0 Å². The zero-order chi connectivity index (χ0) is 22.9. The molecule has 0 atom stereocenters. The number of hydrogen-bond acceptors (Lipinski definition) is 7. The lowest BCUT2D eigenvalue weighted by molar-refractivity contribution is 0.404. The molecule has 1 saturated heterocycles. The Hall–Kier alpha value is -2.00. The fourth-order valence-corrected chi connectivity index (χ4v) is 7.17. The van der Waals surface area contributed by atoms with E-state index in [-0.39, 0.29) is 14.9 Å². The number of aromatic nitrogens is 1. The molecule has 1 aliphatic rings. The summed E-state index contributed by atoms with van der Waals surface area (Å²) in [6.07, 6.45) is 0.977. The molecule has 32 heavy (non-hydrogen) atoms. The molecule has 1 aliphatic heterocycles. The average molecular weight is 513 g/mol. The first-order valence-corrected chi connectivity index (χ1v) is 13.1. The van der Waals surface area contributed by atoms with Gasteiger partial charge in [0.15, 0.2) is 15.0 Å². The van der Waals surface area contributed by atoms with Crippen molar-refractivity contribution in [2.45, 2.75) is 23.0 Å². The molecule has 170 valence electrons. The largest absolute Gasteiger partial charge is 0.497 e.